The van der Waals surface area contributed by atoms with Gasteiger partial charge in [0.2, 0.25) is 23.6 Å². The van der Waals surface area contributed by atoms with E-state index in [1.165, 1.54) is 20.3 Å². The molecule has 8 nitrogen and oxygen atoms in total. The van der Waals surface area contributed by atoms with Crippen molar-refractivity contribution in [2.24, 2.45) is 0 Å². The number of morpholine rings is 1. The molecule has 1 aliphatic heterocycles. The lowest BCUT2D eigenvalue weighted by Gasteiger charge is -2.22. The molecular weight excluding hydrogens is 264 g/mol. The van der Waals surface area contributed by atoms with E-state index in [4.69, 9.17) is 14.2 Å². The van der Waals surface area contributed by atoms with Crippen molar-refractivity contribution in [2.75, 3.05) is 39.2 Å². The number of aromatic nitrogens is 2. The Kier molecular flexibility index (Phi) is 5.08. The first-order valence-corrected chi connectivity index (χ1v) is 6.30. The molecule has 0 aliphatic carbocycles. The molecule has 1 amide bonds. The minimum atomic E-state index is -0.214. The van der Waals surface area contributed by atoms with Gasteiger partial charge in [0.25, 0.3) is 0 Å². The molecule has 1 fully saturated rings. The van der Waals surface area contributed by atoms with Gasteiger partial charge in [-0.3, -0.25) is 10.1 Å². The SMILES string of the molecule is COc1cc(OC)nc(NC(=O)CC2CNCCO2)n1. The van der Waals surface area contributed by atoms with E-state index in [2.05, 4.69) is 20.6 Å². The Morgan fingerprint density at radius 1 is 1.45 bits per heavy atom. The molecule has 1 aromatic rings. The largest absolute Gasteiger partial charge is 0.481 e. The van der Waals surface area contributed by atoms with Crippen molar-refractivity contribution in [3.8, 4) is 11.8 Å². The summed E-state index contributed by atoms with van der Waals surface area (Å²) >= 11 is 0. The number of carbonyl (C=O) groups is 1. The van der Waals surface area contributed by atoms with Gasteiger partial charge in [-0.05, 0) is 0 Å². The zero-order valence-corrected chi connectivity index (χ0v) is 11.5. The van der Waals surface area contributed by atoms with Crippen molar-refractivity contribution < 1.29 is 19.0 Å². The average Bonchev–Trinajstić information content (AvgIpc) is 2.47. The Morgan fingerprint density at radius 2 is 2.15 bits per heavy atom. The number of carbonyl (C=O) groups excluding carboxylic acids is 1. The Balaban J connectivity index is 1.95. The van der Waals surface area contributed by atoms with E-state index >= 15 is 0 Å². The molecule has 0 spiro atoms. The van der Waals surface area contributed by atoms with E-state index in [9.17, 15) is 4.79 Å². The molecule has 2 rings (SSSR count). The van der Waals surface area contributed by atoms with Crippen LogP contribution in [0.5, 0.6) is 11.8 Å². The number of hydrogen-bond acceptors (Lipinski definition) is 7. The maximum atomic E-state index is 11.9. The van der Waals surface area contributed by atoms with Gasteiger partial charge in [0.05, 0.1) is 39.4 Å². The van der Waals surface area contributed by atoms with Gasteiger partial charge >= 0.3 is 0 Å². The van der Waals surface area contributed by atoms with E-state index in [1.54, 1.807) is 0 Å². The molecule has 0 aromatic carbocycles. The van der Waals surface area contributed by atoms with Gasteiger partial charge in [0.1, 0.15) is 0 Å². The number of nitrogens with one attached hydrogen (secondary N) is 2. The summed E-state index contributed by atoms with van der Waals surface area (Å²) in [6.45, 7) is 2.09. The molecule has 2 N–H and O–H groups in total. The Hall–Kier alpha value is -1.93. The van der Waals surface area contributed by atoms with Crippen molar-refractivity contribution in [3.63, 3.8) is 0 Å². The van der Waals surface area contributed by atoms with Gasteiger partial charge in [-0.15, -0.1) is 0 Å². The summed E-state index contributed by atoms with van der Waals surface area (Å²) in [5, 5.41) is 5.77. The van der Waals surface area contributed by atoms with Crippen LogP contribution in [0.3, 0.4) is 0 Å². The van der Waals surface area contributed by atoms with Crippen LogP contribution in [0.2, 0.25) is 0 Å². The first kappa shape index (κ1) is 14.5. The van der Waals surface area contributed by atoms with Crippen molar-refractivity contribution >= 4 is 11.9 Å². The number of amides is 1. The molecule has 1 saturated heterocycles. The fraction of sp³-hybridized carbons (Fsp3) is 0.583. The first-order valence-electron chi connectivity index (χ1n) is 6.30. The molecule has 110 valence electrons. The average molecular weight is 282 g/mol. The minimum Gasteiger partial charge on any atom is -0.481 e. The number of anilines is 1. The zero-order chi connectivity index (χ0) is 14.4. The summed E-state index contributed by atoms with van der Waals surface area (Å²) in [6, 6.07) is 1.53. The molecule has 0 bridgehead atoms. The van der Waals surface area contributed by atoms with Crippen LogP contribution in [0, 0.1) is 0 Å². The summed E-state index contributed by atoms with van der Waals surface area (Å²) in [5.41, 5.74) is 0. The van der Waals surface area contributed by atoms with Crippen LogP contribution >= 0.6 is 0 Å². The fourth-order valence-corrected chi connectivity index (χ4v) is 1.80. The highest BCUT2D eigenvalue weighted by Crippen LogP contribution is 2.17. The van der Waals surface area contributed by atoms with Crippen LogP contribution in [0.4, 0.5) is 5.95 Å². The predicted molar refractivity (Wildman–Crippen MR) is 71.0 cm³/mol. The lowest BCUT2D eigenvalue weighted by molar-refractivity contribution is -0.119. The second-order valence-electron chi connectivity index (χ2n) is 4.23. The molecular formula is C12H18N4O4. The van der Waals surface area contributed by atoms with Gasteiger partial charge in [-0.2, -0.15) is 9.97 Å². The number of hydrogen-bond donors (Lipinski definition) is 2. The second-order valence-corrected chi connectivity index (χ2v) is 4.23. The van der Waals surface area contributed by atoms with Crippen LogP contribution in [0.15, 0.2) is 6.07 Å². The molecule has 1 aliphatic rings. The molecule has 8 heteroatoms. The summed E-state index contributed by atoms with van der Waals surface area (Å²) in [7, 11) is 2.96. The highest BCUT2D eigenvalue weighted by molar-refractivity contribution is 5.89. The lowest BCUT2D eigenvalue weighted by Crippen LogP contribution is -2.40. The number of methoxy groups -OCH3 is 2. The van der Waals surface area contributed by atoms with Crippen molar-refractivity contribution in [3.05, 3.63) is 6.07 Å². The van der Waals surface area contributed by atoms with Crippen molar-refractivity contribution in [1.29, 1.82) is 0 Å². The standard InChI is InChI=1S/C12H18N4O4/c1-18-10-6-11(19-2)16-12(15-10)14-9(17)5-8-7-13-3-4-20-8/h6,8,13H,3-5,7H2,1-2H3,(H,14,15,16,17). The zero-order valence-electron chi connectivity index (χ0n) is 11.5. The molecule has 2 heterocycles. The number of nitrogens with zero attached hydrogens (tertiary/aromatic N) is 2. The predicted octanol–water partition coefficient (Wildman–Crippen LogP) is -0.189. The van der Waals surface area contributed by atoms with E-state index in [0.717, 1.165) is 6.54 Å². The maximum absolute atomic E-state index is 11.9. The van der Waals surface area contributed by atoms with Gasteiger partial charge in [0, 0.05) is 13.1 Å². The van der Waals surface area contributed by atoms with Gasteiger partial charge in [-0.25, -0.2) is 0 Å². The third-order valence-electron chi connectivity index (χ3n) is 2.77. The summed E-state index contributed by atoms with van der Waals surface area (Å²) in [5.74, 6) is 0.578. The third-order valence-corrected chi connectivity index (χ3v) is 2.77. The fourth-order valence-electron chi connectivity index (χ4n) is 1.80. The van der Waals surface area contributed by atoms with E-state index < -0.39 is 0 Å². The number of ether oxygens (including phenoxy) is 3. The Bertz CT molecular complexity index is 441. The number of rotatable bonds is 5. The Labute approximate surface area is 116 Å². The summed E-state index contributed by atoms with van der Waals surface area (Å²) in [4.78, 5) is 20.0. The van der Waals surface area contributed by atoms with Crippen LogP contribution < -0.4 is 20.1 Å². The van der Waals surface area contributed by atoms with Crippen LogP contribution in [-0.2, 0) is 9.53 Å². The van der Waals surface area contributed by atoms with Crippen molar-refractivity contribution in [1.82, 2.24) is 15.3 Å². The monoisotopic (exact) mass is 282 g/mol. The van der Waals surface area contributed by atoms with E-state index in [-0.39, 0.29) is 24.4 Å². The molecule has 1 unspecified atom stereocenters. The van der Waals surface area contributed by atoms with Gasteiger partial charge in [0.15, 0.2) is 0 Å². The molecule has 0 saturated carbocycles. The molecule has 20 heavy (non-hydrogen) atoms. The molecule has 1 atom stereocenters. The highest BCUT2D eigenvalue weighted by Gasteiger charge is 2.18. The summed E-state index contributed by atoms with van der Waals surface area (Å²) in [6.07, 6.45) is 0.117. The normalized spacial score (nSPS) is 18.4. The lowest BCUT2D eigenvalue weighted by atomic mass is 10.2. The highest BCUT2D eigenvalue weighted by atomic mass is 16.5. The second kappa shape index (κ2) is 7.01. The minimum absolute atomic E-state index is 0.128. The van der Waals surface area contributed by atoms with Gasteiger partial charge < -0.3 is 19.5 Å². The van der Waals surface area contributed by atoms with Crippen molar-refractivity contribution in [2.45, 2.75) is 12.5 Å². The van der Waals surface area contributed by atoms with Gasteiger partial charge in [-0.1, -0.05) is 0 Å². The molecule has 0 radical (unpaired) electrons. The summed E-state index contributed by atoms with van der Waals surface area (Å²) < 4.78 is 15.5. The topological polar surface area (TPSA) is 94.6 Å². The van der Waals surface area contributed by atoms with Crippen LogP contribution in [0.1, 0.15) is 6.42 Å². The quantitative estimate of drug-likeness (QED) is 0.773. The van der Waals surface area contributed by atoms with E-state index in [0.29, 0.717) is 24.9 Å². The van der Waals surface area contributed by atoms with E-state index in [1.807, 2.05) is 0 Å². The smallest absolute Gasteiger partial charge is 0.236 e. The third kappa shape index (κ3) is 4.04. The maximum Gasteiger partial charge on any atom is 0.236 e. The Morgan fingerprint density at radius 3 is 2.70 bits per heavy atom. The first-order chi connectivity index (χ1) is 9.71. The van der Waals surface area contributed by atoms with Crippen LogP contribution in [0.25, 0.3) is 0 Å². The molecule has 1 aromatic heterocycles. The van der Waals surface area contributed by atoms with Crippen LogP contribution in [-0.4, -0.2) is 55.9 Å².